The van der Waals surface area contributed by atoms with Gasteiger partial charge >= 0.3 is 10.2 Å². The van der Waals surface area contributed by atoms with E-state index in [0.29, 0.717) is 11.3 Å². The Kier molecular flexibility index (Phi) is 4.29. The van der Waals surface area contributed by atoms with E-state index < -0.39 is 16.0 Å². The second-order valence-corrected chi connectivity index (χ2v) is 6.53. The molecule has 0 unspecified atom stereocenters. The molecule has 0 radical (unpaired) electrons. The Bertz CT molecular complexity index is 741. The third-order valence-corrected chi connectivity index (χ3v) is 4.69. The molecule has 0 saturated heterocycles. The molecule has 0 aliphatic rings. The molecule has 114 valence electrons. The summed E-state index contributed by atoms with van der Waals surface area (Å²) in [5.41, 5.74) is 0.641. The van der Waals surface area contributed by atoms with Crippen molar-refractivity contribution in [1.82, 2.24) is 13.5 Å². The van der Waals surface area contributed by atoms with Crippen molar-refractivity contribution in [2.45, 2.75) is 6.42 Å². The number of aromatic nitrogens is 2. The highest BCUT2D eigenvalue weighted by Crippen LogP contribution is 2.24. The molecule has 0 atom stereocenters. The maximum atomic E-state index is 13.8. The van der Waals surface area contributed by atoms with Crippen molar-refractivity contribution in [3.8, 4) is 5.75 Å². The largest absolute Gasteiger partial charge is 0.493 e. The zero-order valence-electron chi connectivity index (χ0n) is 11.9. The normalized spacial score (nSPS) is 11.9. The van der Waals surface area contributed by atoms with Gasteiger partial charge in [-0.2, -0.15) is 17.8 Å². The molecule has 2 rings (SSSR count). The van der Waals surface area contributed by atoms with Crippen molar-refractivity contribution < 1.29 is 17.5 Å². The summed E-state index contributed by atoms with van der Waals surface area (Å²) in [6.45, 7) is 0. The lowest BCUT2D eigenvalue weighted by atomic mass is 10.1. The van der Waals surface area contributed by atoms with Crippen molar-refractivity contribution >= 4 is 10.2 Å². The first-order valence-electron chi connectivity index (χ1n) is 6.15. The van der Waals surface area contributed by atoms with Gasteiger partial charge in [0.1, 0.15) is 11.5 Å². The first-order chi connectivity index (χ1) is 9.87. The number of halogens is 1. The molecule has 0 saturated carbocycles. The smallest absolute Gasteiger partial charge is 0.322 e. The van der Waals surface area contributed by atoms with Crippen molar-refractivity contribution in [2.75, 3.05) is 21.2 Å². The van der Waals surface area contributed by atoms with E-state index in [9.17, 15) is 12.8 Å². The number of rotatable bonds is 5. The van der Waals surface area contributed by atoms with Gasteiger partial charge in [0.2, 0.25) is 0 Å². The van der Waals surface area contributed by atoms with Gasteiger partial charge < -0.3 is 4.74 Å². The molecular formula is C13H16FN3O3S. The number of ether oxygens (including phenoxy) is 1. The zero-order chi connectivity index (χ0) is 15.6. The Morgan fingerprint density at radius 2 is 2.00 bits per heavy atom. The van der Waals surface area contributed by atoms with Gasteiger partial charge in [-0.05, 0) is 11.6 Å². The third-order valence-electron chi connectivity index (χ3n) is 3.01. The molecule has 0 aliphatic heterocycles. The van der Waals surface area contributed by atoms with Gasteiger partial charge in [0.25, 0.3) is 0 Å². The molecule has 1 aromatic carbocycles. The minimum absolute atomic E-state index is 0.0584. The Hall–Kier alpha value is -1.93. The molecule has 0 N–H and O–H groups in total. The van der Waals surface area contributed by atoms with Crippen LogP contribution in [0.3, 0.4) is 0 Å². The second-order valence-electron chi connectivity index (χ2n) is 4.56. The molecule has 1 aromatic heterocycles. The second kappa shape index (κ2) is 5.82. The van der Waals surface area contributed by atoms with Crippen LogP contribution in [0.25, 0.3) is 0 Å². The van der Waals surface area contributed by atoms with E-state index in [1.807, 2.05) is 0 Å². The van der Waals surface area contributed by atoms with Crippen molar-refractivity contribution in [3.63, 3.8) is 0 Å². The van der Waals surface area contributed by atoms with E-state index in [1.54, 1.807) is 18.2 Å². The number of hydrogen-bond donors (Lipinski definition) is 0. The van der Waals surface area contributed by atoms with Gasteiger partial charge in [-0.1, -0.05) is 18.2 Å². The summed E-state index contributed by atoms with van der Waals surface area (Å²) >= 11 is 0. The average Bonchev–Trinajstić information content (AvgIpc) is 2.84. The SMILES string of the molecule is COc1cnn(S(=O)(=O)N(C)C)c1Cc1ccccc1F. The van der Waals surface area contributed by atoms with Crippen LogP contribution in [0, 0.1) is 5.82 Å². The van der Waals surface area contributed by atoms with Gasteiger partial charge in [-0.3, -0.25) is 0 Å². The van der Waals surface area contributed by atoms with E-state index in [1.165, 1.54) is 33.5 Å². The molecule has 1 heterocycles. The lowest BCUT2D eigenvalue weighted by Crippen LogP contribution is -2.31. The fourth-order valence-corrected chi connectivity index (χ4v) is 2.75. The van der Waals surface area contributed by atoms with Crippen LogP contribution >= 0.6 is 0 Å². The molecule has 0 fully saturated rings. The lowest BCUT2D eigenvalue weighted by Gasteiger charge is -2.14. The van der Waals surface area contributed by atoms with E-state index in [0.717, 1.165) is 8.39 Å². The minimum Gasteiger partial charge on any atom is -0.493 e. The number of nitrogens with zero attached hydrogens (tertiary/aromatic N) is 3. The van der Waals surface area contributed by atoms with Gasteiger partial charge in [0.05, 0.1) is 13.3 Å². The summed E-state index contributed by atoms with van der Waals surface area (Å²) in [7, 11) is 0.416. The fraction of sp³-hybridized carbons (Fsp3) is 0.308. The predicted octanol–water partition coefficient (Wildman–Crippen LogP) is 1.28. The molecule has 6 nitrogen and oxygen atoms in total. The lowest BCUT2D eigenvalue weighted by molar-refractivity contribution is 0.409. The number of benzene rings is 1. The van der Waals surface area contributed by atoms with Gasteiger partial charge in [0.15, 0.2) is 5.75 Å². The molecule has 0 amide bonds. The maximum absolute atomic E-state index is 13.8. The van der Waals surface area contributed by atoms with Crippen molar-refractivity contribution in [2.24, 2.45) is 0 Å². The first-order valence-corrected chi connectivity index (χ1v) is 7.55. The third kappa shape index (κ3) is 2.91. The molecular weight excluding hydrogens is 297 g/mol. The monoisotopic (exact) mass is 313 g/mol. The van der Waals surface area contributed by atoms with Crippen LogP contribution < -0.4 is 4.74 Å². The highest BCUT2D eigenvalue weighted by atomic mass is 32.2. The number of hydrogen-bond acceptors (Lipinski definition) is 4. The van der Waals surface area contributed by atoms with Crippen LogP contribution in [0.4, 0.5) is 4.39 Å². The highest BCUT2D eigenvalue weighted by molar-refractivity contribution is 7.87. The molecule has 8 heteroatoms. The summed E-state index contributed by atoms with van der Waals surface area (Å²) in [4.78, 5) is 0. The van der Waals surface area contributed by atoms with Crippen molar-refractivity contribution in [3.05, 3.63) is 47.5 Å². The van der Waals surface area contributed by atoms with E-state index in [4.69, 9.17) is 4.74 Å². The molecule has 0 bridgehead atoms. The topological polar surface area (TPSA) is 64.4 Å². The first kappa shape index (κ1) is 15.5. The van der Waals surface area contributed by atoms with Crippen LogP contribution in [0.2, 0.25) is 0 Å². The molecule has 2 aromatic rings. The van der Waals surface area contributed by atoms with Gasteiger partial charge in [0, 0.05) is 20.5 Å². The van der Waals surface area contributed by atoms with Gasteiger partial charge in [-0.25, -0.2) is 4.39 Å². The fourth-order valence-electron chi connectivity index (χ4n) is 1.84. The Balaban J connectivity index is 2.53. The Labute approximate surface area is 122 Å². The summed E-state index contributed by atoms with van der Waals surface area (Å²) < 4.78 is 45.3. The summed E-state index contributed by atoms with van der Waals surface area (Å²) in [6.07, 6.45) is 1.36. The van der Waals surface area contributed by atoms with Crippen LogP contribution in [0.1, 0.15) is 11.3 Å². The van der Waals surface area contributed by atoms with E-state index in [-0.39, 0.29) is 12.1 Å². The quantitative estimate of drug-likeness (QED) is 0.834. The van der Waals surface area contributed by atoms with Crippen LogP contribution in [0.15, 0.2) is 30.5 Å². The van der Waals surface area contributed by atoms with Crippen molar-refractivity contribution in [1.29, 1.82) is 0 Å². The van der Waals surface area contributed by atoms with Gasteiger partial charge in [-0.15, -0.1) is 4.09 Å². The highest BCUT2D eigenvalue weighted by Gasteiger charge is 2.24. The van der Waals surface area contributed by atoms with Crippen LogP contribution in [-0.4, -0.2) is 43.1 Å². The Morgan fingerprint density at radius 3 is 2.57 bits per heavy atom. The number of methoxy groups -OCH3 is 1. The summed E-state index contributed by atoms with van der Waals surface area (Å²) in [5.74, 6) is -0.113. The molecule has 21 heavy (non-hydrogen) atoms. The predicted molar refractivity (Wildman–Crippen MR) is 76.0 cm³/mol. The van der Waals surface area contributed by atoms with E-state index >= 15 is 0 Å². The molecule has 0 aliphatic carbocycles. The minimum atomic E-state index is -3.79. The zero-order valence-corrected chi connectivity index (χ0v) is 12.8. The summed E-state index contributed by atoms with van der Waals surface area (Å²) in [5, 5.41) is 3.85. The van der Waals surface area contributed by atoms with Crippen LogP contribution in [0.5, 0.6) is 5.75 Å². The summed E-state index contributed by atoms with van der Waals surface area (Å²) in [6, 6.07) is 6.17. The maximum Gasteiger partial charge on any atom is 0.322 e. The average molecular weight is 313 g/mol. The standard InChI is InChI=1S/C13H16FN3O3S/c1-16(2)21(18,19)17-12(13(20-3)9-15-17)8-10-6-4-5-7-11(10)14/h4-7,9H,8H2,1-3H3. The Morgan fingerprint density at radius 1 is 1.33 bits per heavy atom. The molecule has 0 spiro atoms. The van der Waals surface area contributed by atoms with Crippen LogP contribution in [-0.2, 0) is 16.6 Å². The van der Waals surface area contributed by atoms with E-state index in [2.05, 4.69) is 5.10 Å².